The number of likely N-dealkylation sites (tertiary alicyclic amines) is 1. The minimum atomic E-state index is -0.229. The van der Waals surface area contributed by atoms with Crippen LogP contribution in [0.1, 0.15) is 56.1 Å². The van der Waals surface area contributed by atoms with Crippen molar-refractivity contribution in [3.05, 3.63) is 89.4 Å². The Morgan fingerprint density at radius 3 is 2.52 bits per heavy atom. The van der Waals surface area contributed by atoms with Crippen LogP contribution < -0.4 is 15.4 Å². The van der Waals surface area contributed by atoms with Gasteiger partial charge in [0.2, 0.25) is 17.7 Å². The Balaban J connectivity index is 1.03. The quantitative estimate of drug-likeness (QED) is 0.161. The first-order chi connectivity index (χ1) is 24.1. The van der Waals surface area contributed by atoms with Crippen LogP contribution in [0.5, 0.6) is 5.88 Å². The lowest BCUT2D eigenvalue weighted by Gasteiger charge is -2.29. The maximum atomic E-state index is 13.8. The Kier molecular flexibility index (Phi) is 10.4. The van der Waals surface area contributed by atoms with Crippen LogP contribution in [-0.4, -0.2) is 87.8 Å². The smallest absolute Gasteiger partial charge is 0.257 e. The molecule has 12 heteroatoms. The summed E-state index contributed by atoms with van der Waals surface area (Å²) < 4.78 is 10.9. The van der Waals surface area contributed by atoms with Crippen LogP contribution in [0.4, 0.5) is 11.4 Å². The van der Waals surface area contributed by atoms with E-state index >= 15 is 0 Å². The zero-order valence-electron chi connectivity index (χ0n) is 29.1. The predicted molar refractivity (Wildman–Crippen MR) is 193 cm³/mol. The van der Waals surface area contributed by atoms with E-state index in [4.69, 9.17) is 20.4 Å². The largest absolute Gasteiger partial charge is 0.475 e. The van der Waals surface area contributed by atoms with Gasteiger partial charge in [-0.25, -0.2) is 4.98 Å². The molecule has 0 spiro atoms. The standard InChI is InChI=1S/C38H44N8O4/c1-5-46(31-11-12-33(39)32(20-31)36(40)29-10-13-34(41-21-29)49-24(2)3)38(48)30-14-17-44(22-30)23-35(47)45-18-15-27(16-19-45)26-6-8-28(9-7-26)37-42-25(4)43-50-37/h6-13,15,20-21,24,30,40H,5,14,16-19,22-23,39H2,1-4H3. The number of carbonyl (C=O) groups excluding carboxylic acids is 2. The van der Waals surface area contributed by atoms with Gasteiger partial charge in [-0.3, -0.25) is 19.9 Å². The van der Waals surface area contributed by atoms with Crippen molar-refractivity contribution in [3.8, 4) is 17.3 Å². The molecule has 6 rings (SSSR count). The summed E-state index contributed by atoms with van der Waals surface area (Å²) in [7, 11) is 0. The summed E-state index contributed by atoms with van der Waals surface area (Å²) in [6.45, 7) is 10.8. The number of carbonyl (C=O) groups is 2. The molecule has 2 aliphatic heterocycles. The molecule has 2 aromatic heterocycles. The van der Waals surface area contributed by atoms with Crippen LogP contribution in [0, 0.1) is 18.3 Å². The van der Waals surface area contributed by atoms with Crippen LogP contribution >= 0.6 is 0 Å². The molecule has 3 N–H and O–H groups in total. The molecule has 1 unspecified atom stereocenters. The highest BCUT2D eigenvalue weighted by atomic mass is 16.5. The van der Waals surface area contributed by atoms with Crippen molar-refractivity contribution >= 4 is 34.5 Å². The summed E-state index contributed by atoms with van der Waals surface area (Å²) >= 11 is 0. The fraction of sp³-hybridized carbons (Fsp3) is 0.368. The zero-order chi connectivity index (χ0) is 35.4. The molecule has 0 radical (unpaired) electrons. The van der Waals surface area contributed by atoms with Gasteiger partial charge in [0.05, 0.1) is 24.3 Å². The number of aryl methyl sites for hydroxylation is 1. The maximum absolute atomic E-state index is 13.8. The number of benzene rings is 2. The predicted octanol–water partition coefficient (Wildman–Crippen LogP) is 5.22. The number of aromatic nitrogens is 3. The van der Waals surface area contributed by atoms with Gasteiger partial charge >= 0.3 is 0 Å². The lowest BCUT2D eigenvalue weighted by atomic mass is 9.98. The highest BCUT2D eigenvalue weighted by molar-refractivity contribution is 6.14. The first-order valence-corrected chi connectivity index (χ1v) is 17.1. The number of rotatable bonds is 11. The van der Waals surface area contributed by atoms with E-state index in [9.17, 15) is 9.59 Å². The molecule has 1 atom stereocenters. The van der Waals surface area contributed by atoms with Crippen molar-refractivity contribution in [1.29, 1.82) is 5.41 Å². The first kappa shape index (κ1) is 34.5. The number of ether oxygens (including phenoxy) is 1. The fourth-order valence-electron chi connectivity index (χ4n) is 6.48. The number of hydrogen-bond donors (Lipinski definition) is 2. The summed E-state index contributed by atoms with van der Waals surface area (Å²) in [5, 5.41) is 12.7. The molecule has 4 aromatic rings. The molecule has 50 heavy (non-hydrogen) atoms. The second kappa shape index (κ2) is 15.0. The molecule has 0 bridgehead atoms. The number of nitrogens with one attached hydrogen (secondary N) is 1. The number of nitrogens with zero attached hydrogens (tertiary/aromatic N) is 6. The van der Waals surface area contributed by atoms with Gasteiger partial charge in [0.15, 0.2) is 5.82 Å². The number of amides is 2. The third-order valence-electron chi connectivity index (χ3n) is 9.15. The van der Waals surface area contributed by atoms with Gasteiger partial charge in [0, 0.05) is 66.5 Å². The molecule has 12 nitrogen and oxygen atoms in total. The molecule has 2 amide bonds. The summed E-state index contributed by atoms with van der Waals surface area (Å²) in [5.74, 6) is 1.44. The van der Waals surface area contributed by atoms with Gasteiger partial charge in [-0.05, 0) is 94.6 Å². The van der Waals surface area contributed by atoms with Gasteiger partial charge in [0.1, 0.15) is 0 Å². The summed E-state index contributed by atoms with van der Waals surface area (Å²) in [6, 6.07) is 16.9. The normalized spacial score (nSPS) is 16.4. The van der Waals surface area contributed by atoms with E-state index in [1.165, 1.54) is 5.57 Å². The van der Waals surface area contributed by atoms with Gasteiger partial charge in [-0.15, -0.1) is 0 Å². The number of hydrogen-bond acceptors (Lipinski definition) is 10. The van der Waals surface area contributed by atoms with Gasteiger partial charge < -0.3 is 24.8 Å². The van der Waals surface area contributed by atoms with E-state index in [0.717, 1.165) is 17.5 Å². The lowest BCUT2D eigenvalue weighted by Crippen LogP contribution is -2.42. The summed E-state index contributed by atoms with van der Waals surface area (Å²) in [5.41, 5.74) is 12.0. The molecule has 260 valence electrons. The SMILES string of the molecule is CCN(C(=O)C1CCN(CC(=O)N2CC=C(c3ccc(-c4nc(C)no4)cc3)CC2)C1)c1ccc(N)c(C(=N)c2ccc(OC(C)C)nc2)c1. The molecule has 1 saturated heterocycles. The van der Waals surface area contributed by atoms with Gasteiger partial charge in [0.25, 0.3) is 5.89 Å². The Morgan fingerprint density at radius 1 is 1.10 bits per heavy atom. The first-order valence-electron chi connectivity index (χ1n) is 17.1. The molecule has 4 heterocycles. The van der Waals surface area contributed by atoms with Crippen molar-refractivity contribution in [3.63, 3.8) is 0 Å². The Labute approximate surface area is 292 Å². The second-order valence-corrected chi connectivity index (χ2v) is 13.0. The van der Waals surface area contributed by atoms with E-state index in [1.807, 2.05) is 56.0 Å². The van der Waals surface area contributed by atoms with E-state index < -0.39 is 0 Å². The Morgan fingerprint density at radius 2 is 1.88 bits per heavy atom. The number of anilines is 2. The molecule has 2 aromatic carbocycles. The third kappa shape index (κ3) is 7.76. The highest BCUT2D eigenvalue weighted by Crippen LogP contribution is 2.29. The average molecular weight is 677 g/mol. The Bertz CT molecular complexity index is 1880. The highest BCUT2D eigenvalue weighted by Gasteiger charge is 2.33. The van der Waals surface area contributed by atoms with Crippen molar-refractivity contribution in [2.75, 3.05) is 49.9 Å². The summed E-state index contributed by atoms with van der Waals surface area (Å²) in [6.07, 6.45) is 5.17. The molecule has 1 fully saturated rings. The topological polar surface area (TPSA) is 155 Å². The van der Waals surface area contributed by atoms with Gasteiger partial charge in [-0.2, -0.15) is 4.98 Å². The molecular formula is C38H44N8O4. The van der Waals surface area contributed by atoms with Crippen LogP contribution in [0.2, 0.25) is 0 Å². The zero-order valence-corrected chi connectivity index (χ0v) is 29.1. The van der Waals surface area contributed by atoms with Crippen LogP contribution in [0.25, 0.3) is 17.0 Å². The molecule has 0 aliphatic carbocycles. The third-order valence-corrected chi connectivity index (χ3v) is 9.15. The van der Waals surface area contributed by atoms with Crippen molar-refractivity contribution in [2.24, 2.45) is 5.92 Å². The summed E-state index contributed by atoms with van der Waals surface area (Å²) in [4.78, 5) is 41.4. The lowest BCUT2D eigenvalue weighted by molar-refractivity contribution is -0.132. The van der Waals surface area contributed by atoms with Crippen LogP contribution in [0.15, 0.2) is 71.4 Å². The fourth-order valence-corrected chi connectivity index (χ4v) is 6.48. The van der Waals surface area contributed by atoms with E-state index in [-0.39, 0.29) is 36.1 Å². The van der Waals surface area contributed by atoms with Crippen molar-refractivity contribution in [2.45, 2.75) is 46.6 Å². The molecule has 0 saturated carbocycles. The number of nitrogen functional groups attached to an aromatic ring is 1. The van der Waals surface area contributed by atoms with Gasteiger partial charge in [-0.1, -0.05) is 23.4 Å². The minimum Gasteiger partial charge on any atom is -0.475 e. The maximum Gasteiger partial charge on any atom is 0.257 e. The van der Waals surface area contributed by atoms with E-state index in [0.29, 0.717) is 79.2 Å². The average Bonchev–Trinajstić information content (AvgIpc) is 3.78. The number of pyridine rings is 1. The molecule has 2 aliphatic rings. The van der Waals surface area contributed by atoms with Crippen molar-refractivity contribution in [1.82, 2.24) is 24.9 Å². The second-order valence-electron chi connectivity index (χ2n) is 13.0. The molecular weight excluding hydrogens is 632 g/mol. The minimum absolute atomic E-state index is 0.00308. The monoisotopic (exact) mass is 676 g/mol. The number of nitrogens with two attached hydrogens (primary N) is 1. The van der Waals surface area contributed by atoms with E-state index in [2.05, 4.69) is 26.1 Å². The van der Waals surface area contributed by atoms with Crippen molar-refractivity contribution < 1.29 is 18.8 Å². The Hall–Kier alpha value is -5.36. The van der Waals surface area contributed by atoms with Crippen LogP contribution in [0.3, 0.4) is 0 Å². The van der Waals surface area contributed by atoms with Crippen LogP contribution in [-0.2, 0) is 9.59 Å². The van der Waals surface area contributed by atoms with E-state index in [1.54, 1.807) is 42.3 Å².